The average Bonchev–Trinajstić information content (AvgIpc) is 2.57. The summed E-state index contributed by atoms with van der Waals surface area (Å²) >= 11 is 0. The van der Waals surface area contributed by atoms with Gasteiger partial charge < -0.3 is 9.84 Å². The minimum absolute atomic E-state index is 0.00204. The predicted molar refractivity (Wildman–Crippen MR) is 85.2 cm³/mol. The van der Waals surface area contributed by atoms with E-state index in [0.717, 1.165) is 11.1 Å². The van der Waals surface area contributed by atoms with Gasteiger partial charge in [-0.05, 0) is 11.1 Å². The number of allylic oxidation sites excluding steroid dienone is 1. The smallest absolute Gasteiger partial charge is 0.167 e. The summed E-state index contributed by atoms with van der Waals surface area (Å²) < 4.78 is 5.40. The lowest BCUT2D eigenvalue weighted by Gasteiger charge is -2.31. The highest BCUT2D eigenvalue weighted by molar-refractivity contribution is 6.22. The van der Waals surface area contributed by atoms with Crippen molar-refractivity contribution < 1.29 is 14.6 Å². The molecule has 0 fully saturated rings. The fraction of sp³-hybridized carbons (Fsp3) is 0.211. The summed E-state index contributed by atoms with van der Waals surface area (Å²) in [5.41, 5.74) is 2.22. The number of aliphatic hydroxyl groups is 1. The summed E-state index contributed by atoms with van der Waals surface area (Å²) in [6, 6.07) is 19.0. The van der Waals surface area contributed by atoms with Gasteiger partial charge in [-0.1, -0.05) is 60.7 Å². The molecule has 1 aliphatic carbocycles. The van der Waals surface area contributed by atoms with E-state index in [1.807, 2.05) is 60.7 Å². The van der Waals surface area contributed by atoms with Gasteiger partial charge in [-0.25, -0.2) is 0 Å². The summed E-state index contributed by atoms with van der Waals surface area (Å²) in [5.74, 6) is 0.0922. The molecule has 0 aromatic heterocycles. The van der Waals surface area contributed by atoms with Crippen molar-refractivity contribution in [3.63, 3.8) is 0 Å². The molecule has 3 nitrogen and oxygen atoms in total. The molecule has 0 saturated heterocycles. The second-order valence-corrected chi connectivity index (χ2v) is 5.40. The number of aliphatic hydroxyl groups excluding tert-OH is 1. The van der Waals surface area contributed by atoms with Crippen molar-refractivity contribution >= 4 is 11.4 Å². The number of benzene rings is 2. The van der Waals surface area contributed by atoms with Crippen LogP contribution in [-0.2, 0) is 9.53 Å². The van der Waals surface area contributed by atoms with E-state index < -0.39 is 6.10 Å². The molecule has 22 heavy (non-hydrogen) atoms. The molecule has 0 saturated carbocycles. The van der Waals surface area contributed by atoms with Crippen molar-refractivity contribution in [1.29, 1.82) is 0 Å². The zero-order chi connectivity index (χ0) is 15.5. The number of hydrogen-bond donors (Lipinski definition) is 1. The average molecular weight is 294 g/mol. The van der Waals surface area contributed by atoms with Gasteiger partial charge >= 0.3 is 0 Å². The summed E-state index contributed by atoms with van der Waals surface area (Å²) in [6.07, 6.45) is -0.539. The summed E-state index contributed by atoms with van der Waals surface area (Å²) in [5, 5.41) is 10.7. The first-order valence-electron chi connectivity index (χ1n) is 7.32. The Bertz CT molecular complexity index is 689. The van der Waals surface area contributed by atoms with Crippen molar-refractivity contribution in [1.82, 2.24) is 0 Å². The van der Waals surface area contributed by atoms with Crippen molar-refractivity contribution in [3.05, 3.63) is 77.5 Å². The summed E-state index contributed by atoms with van der Waals surface area (Å²) in [7, 11) is 1.50. The van der Waals surface area contributed by atoms with Crippen LogP contribution in [0.1, 0.15) is 23.5 Å². The van der Waals surface area contributed by atoms with Crippen LogP contribution >= 0.6 is 0 Å². The van der Waals surface area contributed by atoms with Crippen LogP contribution in [0.25, 0.3) is 5.57 Å². The second kappa shape index (κ2) is 6.16. The maximum atomic E-state index is 12.6. The Kier molecular flexibility index (Phi) is 4.07. The number of hydrogen-bond acceptors (Lipinski definition) is 3. The van der Waals surface area contributed by atoms with Crippen molar-refractivity contribution in [2.45, 2.75) is 18.4 Å². The molecule has 2 atom stereocenters. The van der Waals surface area contributed by atoms with E-state index in [2.05, 4.69) is 0 Å². The number of methoxy groups -OCH3 is 1. The van der Waals surface area contributed by atoms with Gasteiger partial charge in [0.1, 0.15) is 11.9 Å². The third kappa shape index (κ3) is 2.55. The van der Waals surface area contributed by atoms with Gasteiger partial charge in [0.25, 0.3) is 0 Å². The molecule has 0 unspecified atom stereocenters. The molecule has 1 aliphatic rings. The van der Waals surface area contributed by atoms with Gasteiger partial charge in [0, 0.05) is 12.3 Å². The van der Waals surface area contributed by atoms with Crippen LogP contribution < -0.4 is 0 Å². The molecular weight excluding hydrogens is 276 g/mol. The standard InChI is InChI=1S/C19H18O3/c1-22-19-17(14-10-6-3-7-11-14)16(20)12-15(18(19)21)13-8-4-2-5-9-13/h2-11,15,18,21H,12H2,1H3/t15-,18+/m1/s1. The molecule has 112 valence electrons. The third-order valence-electron chi connectivity index (χ3n) is 4.09. The lowest BCUT2D eigenvalue weighted by atomic mass is 9.78. The highest BCUT2D eigenvalue weighted by Gasteiger charge is 2.37. The van der Waals surface area contributed by atoms with Crippen LogP contribution in [0.5, 0.6) is 0 Å². The van der Waals surface area contributed by atoms with Gasteiger partial charge in [-0.2, -0.15) is 0 Å². The second-order valence-electron chi connectivity index (χ2n) is 5.40. The molecule has 2 aromatic carbocycles. The minimum atomic E-state index is -0.819. The van der Waals surface area contributed by atoms with E-state index in [1.165, 1.54) is 7.11 Å². The molecule has 0 amide bonds. The van der Waals surface area contributed by atoms with Gasteiger partial charge in [0.2, 0.25) is 0 Å². The van der Waals surface area contributed by atoms with Gasteiger partial charge in [-0.15, -0.1) is 0 Å². The molecule has 0 spiro atoms. The Morgan fingerprint density at radius 1 is 1.00 bits per heavy atom. The Labute approximate surface area is 129 Å². The number of ether oxygens (including phenoxy) is 1. The normalized spacial score (nSPS) is 21.8. The number of carbonyl (C=O) groups excluding carboxylic acids is 1. The van der Waals surface area contributed by atoms with E-state index in [-0.39, 0.29) is 18.1 Å². The summed E-state index contributed by atoms with van der Waals surface area (Å²) in [4.78, 5) is 12.6. The van der Waals surface area contributed by atoms with E-state index in [9.17, 15) is 9.90 Å². The highest BCUT2D eigenvalue weighted by Crippen LogP contribution is 2.38. The predicted octanol–water partition coefficient (Wildman–Crippen LogP) is 3.16. The fourth-order valence-electron chi connectivity index (χ4n) is 3.01. The molecule has 1 N–H and O–H groups in total. The number of rotatable bonds is 3. The molecule has 2 aromatic rings. The summed E-state index contributed by atoms with van der Waals surface area (Å²) in [6.45, 7) is 0. The van der Waals surface area contributed by atoms with Crippen LogP contribution in [0.4, 0.5) is 0 Å². The number of carbonyl (C=O) groups is 1. The third-order valence-corrected chi connectivity index (χ3v) is 4.09. The quantitative estimate of drug-likeness (QED) is 0.946. The fourth-order valence-corrected chi connectivity index (χ4v) is 3.01. The first-order chi connectivity index (χ1) is 10.7. The van der Waals surface area contributed by atoms with Crippen molar-refractivity contribution in [2.75, 3.05) is 7.11 Å². The SMILES string of the molecule is COC1=C(c2ccccc2)C(=O)C[C@H](c2ccccc2)[C@@H]1O. The first kappa shape index (κ1) is 14.5. The first-order valence-corrected chi connectivity index (χ1v) is 7.32. The van der Waals surface area contributed by atoms with Crippen LogP contribution in [0, 0.1) is 0 Å². The topological polar surface area (TPSA) is 46.5 Å². The monoisotopic (exact) mass is 294 g/mol. The molecular formula is C19H18O3. The Balaban J connectivity index is 2.06. The van der Waals surface area contributed by atoms with Crippen LogP contribution in [0.2, 0.25) is 0 Å². The van der Waals surface area contributed by atoms with Crippen molar-refractivity contribution in [2.24, 2.45) is 0 Å². The molecule has 0 heterocycles. The largest absolute Gasteiger partial charge is 0.498 e. The van der Waals surface area contributed by atoms with Crippen LogP contribution in [0.15, 0.2) is 66.4 Å². The maximum absolute atomic E-state index is 12.6. The Hall–Kier alpha value is -2.39. The Morgan fingerprint density at radius 2 is 1.59 bits per heavy atom. The Morgan fingerprint density at radius 3 is 2.18 bits per heavy atom. The van der Waals surface area contributed by atoms with E-state index in [1.54, 1.807) is 0 Å². The van der Waals surface area contributed by atoms with Gasteiger partial charge in [0.05, 0.1) is 12.7 Å². The lowest BCUT2D eigenvalue weighted by molar-refractivity contribution is -0.115. The van der Waals surface area contributed by atoms with Gasteiger partial charge in [-0.3, -0.25) is 4.79 Å². The lowest BCUT2D eigenvalue weighted by Crippen LogP contribution is -2.31. The molecule has 0 bridgehead atoms. The molecule has 0 aliphatic heterocycles. The highest BCUT2D eigenvalue weighted by atomic mass is 16.5. The minimum Gasteiger partial charge on any atom is -0.498 e. The molecule has 0 radical (unpaired) electrons. The number of ketones is 1. The zero-order valence-corrected chi connectivity index (χ0v) is 12.4. The molecule has 3 heteroatoms. The molecule has 3 rings (SSSR count). The van der Waals surface area contributed by atoms with Crippen LogP contribution in [0.3, 0.4) is 0 Å². The van der Waals surface area contributed by atoms with E-state index in [0.29, 0.717) is 11.3 Å². The van der Waals surface area contributed by atoms with Crippen molar-refractivity contribution in [3.8, 4) is 0 Å². The van der Waals surface area contributed by atoms with E-state index in [4.69, 9.17) is 4.74 Å². The van der Waals surface area contributed by atoms with Crippen LogP contribution in [-0.4, -0.2) is 24.1 Å². The maximum Gasteiger partial charge on any atom is 0.167 e. The van der Waals surface area contributed by atoms with Gasteiger partial charge in [0.15, 0.2) is 5.78 Å². The zero-order valence-electron chi connectivity index (χ0n) is 12.4. The number of Topliss-reactive ketones (excluding diaryl/α,β-unsaturated/α-hetero) is 1. The van der Waals surface area contributed by atoms with E-state index >= 15 is 0 Å².